The van der Waals surface area contributed by atoms with Gasteiger partial charge in [-0.05, 0) is 42.5 Å². The van der Waals surface area contributed by atoms with Gasteiger partial charge in [-0.15, -0.1) is 0 Å². The Labute approximate surface area is 211 Å². The summed E-state index contributed by atoms with van der Waals surface area (Å²) in [6.07, 6.45) is 5.80. The number of carbonyl (C=O) groups excluding carboxylic acids is 1. The summed E-state index contributed by atoms with van der Waals surface area (Å²) in [4.78, 5) is 29.3. The maximum absolute atomic E-state index is 15.0. The van der Waals surface area contributed by atoms with E-state index in [2.05, 4.69) is 42.5 Å². The third-order valence-corrected chi connectivity index (χ3v) is 5.98. The van der Waals surface area contributed by atoms with E-state index in [0.717, 1.165) is 6.08 Å². The summed E-state index contributed by atoms with van der Waals surface area (Å²) in [5.74, 6) is -0.670. The molecule has 188 valence electrons. The Bertz CT molecular complexity index is 1460. The van der Waals surface area contributed by atoms with Gasteiger partial charge in [0.05, 0.1) is 47.6 Å². The van der Waals surface area contributed by atoms with E-state index >= 15 is 4.39 Å². The normalized spacial score (nSPS) is 17.4. The third kappa shape index (κ3) is 5.00. The molecule has 1 fully saturated rings. The van der Waals surface area contributed by atoms with E-state index in [9.17, 15) is 9.90 Å². The second-order valence-corrected chi connectivity index (χ2v) is 8.41. The van der Waals surface area contributed by atoms with E-state index in [1.54, 1.807) is 42.7 Å². The second kappa shape index (κ2) is 10.3. The summed E-state index contributed by atoms with van der Waals surface area (Å²) in [6, 6.07) is 9.63. The first kappa shape index (κ1) is 24.4. The third-order valence-electron chi connectivity index (χ3n) is 5.98. The lowest BCUT2D eigenvalue weighted by Gasteiger charge is -2.35. The molecule has 0 radical (unpaired) electrons. The van der Waals surface area contributed by atoms with Crippen LogP contribution in [0.1, 0.15) is 5.69 Å². The number of benzene rings is 1. The topological polar surface area (TPSA) is 134 Å². The number of fused-ring (bicyclic) bond motifs is 1. The van der Waals surface area contributed by atoms with Crippen LogP contribution in [0.4, 0.5) is 21.7 Å². The maximum atomic E-state index is 15.0. The van der Waals surface area contributed by atoms with E-state index in [-0.39, 0.29) is 24.0 Å². The van der Waals surface area contributed by atoms with Crippen molar-refractivity contribution in [2.45, 2.75) is 5.60 Å². The van der Waals surface area contributed by atoms with Gasteiger partial charge in [0.2, 0.25) is 11.9 Å². The lowest BCUT2D eigenvalue weighted by Crippen LogP contribution is -2.50. The number of aliphatic hydroxyl groups is 1. The van der Waals surface area contributed by atoms with E-state index in [1.807, 2.05) is 0 Å². The number of pyridine rings is 2. The van der Waals surface area contributed by atoms with E-state index in [4.69, 9.17) is 4.74 Å². The minimum atomic E-state index is -0.894. The van der Waals surface area contributed by atoms with Gasteiger partial charge in [0.15, 0.2) is 0 Å². The van der Waals surface area contributed by atoms with Crippen LogP contribution >= 0.6 is 0 Å². The Morgan fingerprint density at radius 2 is 2.08 bits per heavy atom. The van der Waals surface area contributed by atoms with Crippen LogP contribution in [0.25, 0.3) is 22.2 Å². The van der Waals surface area contributed by atoms with Crippen LogP contribution in [0.15, 0.2) is 67.6 Å². The molecular weight excluding hydrogens is 477 g/mol. The van der Waals surface area contributed by atoms with Gasteiger partial charge >= 0.3 is 0 Å². The molecule has 1 amide bonds. The standard InChI is InChI=1S/C26H24FN7O3/c1-2-22(36)32-17-7-8-29-20(11-17)23-19(27)5-3-16-12-31-25(34-24(16)23)33-18-4-6-21(30-13-18)26(15-35)14-28-9-10-37-26/h2-8,11-13,28,35H,1,9-10,14-15H2,(H,29,32,36)(H,31,33,34). The van der Waals surface area contributed by atoms with Crippen LogP contribution in [0.3, 0.4) is 0 Å². The summed E-state index contributed by atoms with van der Waals surface area (Å²) in [6.45, 7) is 4.88. The van der Waals surface area contributed by atoms with Crippen LogP contribution in [-0.4, -0.2) is 57.3 Å². The minimum absolute atomic E-state index is 0.179. The van der Waals surface area contributed by atoms with Crippen LogP contribution in [0.5, 0.6) is 0 Å². The van der Waals surface area contributed by atoms with Crippen molar-refractivity contribution < 1.29 is 19.0 Å². The van der Waals surface area contributed by atoms with Gasteiger partial charge in [-0.1, -0.05) is 6.58 Å². The zero-order valence-corrected chi connectivity index (χ0v) is 19.7. The van der Waals surface area contributed by atoms with Crippen molar-refractivity contribution in [2.24, 2.45) is 0 Å². The Morgan fingerprint density at radius 3 is 2.81 bits per heavy atom. The number of hydrogen-bond donors (Lipinski definition) is 4. The molecule has 1 aliphatic rings. The number of aromatic nitrogens is 4. The average molecular weight is 502 g/mol. The Balaban J connectivity index is 1.46. The van der Waals surface area contributed by atoms with Crippen molar-refractivity contribution in [3.05, 3.63) is 79.2 Å². The summed E-state index contributed by atoms with van der Waals surface area (Å²) >= 11 is 0. The lowest BCUT2D eigenvalue weighted by molar-refractivity contribution is -0.111. The fourth-order valence-electron chi connectivity index (χ4n) is 4.09. The van der Waals surface area contributed by atoms with Crippen molar-refractivity contribution in [2.75, 3.05) is 36.9 Å². The van der Waals surface area contributed by atoms with Crippen LogP contribution in [-0.2, 0) is 15.1 Å². The zero-order chi connectivity index (χ0) is 25.8. The van der Waals surface area contributed by atoms with Gasteiger partial charge in [-0.25, -0.2) is 14.4 Å². The molecule has 1 saturated heterocycles. The van der Waals surface area contributed by atoms with Crippen molar-refractivity contribution in [1.29, 1.82) is 0 Å². The van der Waals surface area contributed by atoms with E-state index in [0.29, 0.717) is 53.4 Å². The molecular formula is C26H24FN7O3. The molecule has 4 N–H and O–H groups in total. The van der Waals surface area contributed by atoms with Crippen molar-refractivity contribution >= 4 is 34.1 Å². The predicted molar refractivity (Wildman–Crippen MR) is 137 cm³/mol. The van der Waals surface area contributed by atoms with Gasteiger partial charge < -0.3 is 25.8 Å². The predicted octanol–water partition coefficient (Wildman–Crippen LogP) is 2.90. The highest BCUT2D eigenvalue weighted by Gasteiger charge is 2.36. The molecule has 3 aromatic heterocycles. The number of nitrogens with one attached hydrogen (secondary N) is 3. The first-order valence-electron chi connectivity index (χ1n) is 11.6. The Morgan fingerprint density at radius 1 is 1.19 bits per heavy atom. The molecule has 1 aliphatic heterocycles. The molecule has 37 heavy (non-hydrogen) atoms. The molecule has 1 unspecified atom stereocenters. The molecule has 0 bridgehead atoms. The average Bonchev–Trinajstić information content (AvgIpc) is 2.93. The van der Waals surface area contributed by atoms with Gasteiger partial charge in [-0.2, -0.15) is 0 Å². The van der Waals surface area contributed by atoms with E-state index in [1.165, 1.54) is 12.3 Å². The minimum Gasteiger partial charge on any atom is -0.393 e. The number of nitrogens with zero attached hydrogens (tertiary/aromatic N) is 4. The fraction of sp³-hybridized carbons (Fsp3) is 0.192. The van der Waals surface area contributed by atoms with Crippen LogP contribution in [0, 0.1) is 5.82 Å². The number of aliphatic hydroxyl groups excluding tert-OH is 1. The smallest absolute Gasteiger partial charge is 0.247 e. The maximum Gasteiger partial charge on any atom is 0.247 e. The molecule has 10 nitrogen and oxygen atoms in total. The number of halogens is 1. The van der Waals surface area contributed by atoms with Gasteiger partial charge in [0.1, 0.15) is 11.4 Å². The molecule has 0 spiro atoms. The first-order chi connectivity index (χ1) is 18.0. The second-order valence-electron chi connectivity index (χ2n) is 8.41. The quantitative estimate of drug-likeness (QED) is 0.282. The number of rotatable bonds is 7. The largest absolute Gasteiger partial charge is 0.393 e. The molecule has 1 aromatic carbocycles. The molecule has 5 rings (SSSR count). The zero-order valence-electron chi connectivity index (χ0n) is 19.7. The Hall–Kier alpha value is -4.32. The number of amides is 1. The molecule has 11 heteroatoms. The van der Waals surface area contributed by atoms with E-state index < -0.39 is 11.4 Å². The SMILES string of the molecule is C=CC(=O)Nc1ccnc(-c2c(F)ccc3cnc(Nc4ccc(C5(CO)CNCCO5)nc4)nc23)c1. The highest BCUT2D eigenvalue weighted by Crippen LogP contribution is 2.31. The first-order valence-corrected chi connectivity index (χ1v) is 11.6. The molecule has 4 heterocycles. The van der Waals surface area contributed by atoms with Gasteiger partial charge in [0.25, 0.3) is 0 Å². The van der Waals surface area contributed by atoms with Crippen LogP contribution < -0.4 is 16.0 Å². The van der Waals surface area contributed by atoms with Gasteiger partial charge in [-0.3, -0.25) is 14.8 Å². The summed E-state index contributed by atoms with van der Waals surface area (Å²) in [5, 5.41) is 19.5. The summed E-state index contributed by atoms with van der Waals surface area (Å²) in [7, 11) is 0. The summed E-state index contributed by atoms with van der Waals surface area (Å²) < 4.78 is 20.9. The molecule has 4 aromatic rings. The number of ether oxygens (including phenoxy) is 1. The molecule has 0 saturated carbocycles. The van der Waals surface area contributed by atoms with Crippen LogP contribution in [0.2, 0.25) is 0 Å². The highest BCUT2D eigenvalue weighted by atomic mass is 19.1. The van der Waals surface area contributed by atoms with Crippen molar-refractivity contribution in [3.8, 4) is 11.3 Å². The fourth-order valence-corrected chi connectivity index (χ4v) is 4.09. The number of morpholine rings is 1. The monoisotopic (exact) mass is 501 g/mol. The number of anilines is 3. The molecule has 1 atom stereocenters. The van der Waals surface area contributed by atoms with Gasteiger partial charge in [0, 0.05) is 36.6 Å². The van der Waals surface area contributed by atoms with Crippen molar-refractivity contribution in [3.63, 3.8) is 0 Å². The van der Waals surface area contributed by atoms with Crippen molar-refractivity contribution in [1.82, 2.24) is 25.3 Å². The molecule has 0 aliphatic carbocycles. The highest BCUT2D eigenvalue weighted by molar-refractivity contribution is 6.00. The number of carbonyl (C=O) groups is 1. The number of hydrogen-bond acceptors (Lipinski definition) is 9. The lowest BCUT2D eigenvalue weighted by atomic mass is 9.98. The summed E-state index contributed by atoms with van der Waals surface area (Å²) in [5.41, 5.74) is 1.59. The Kier molecular flexibility index (Phi) is 6.82.